The number of hydrogen-bond donors (Lipinski definition) is 1. The minimum absolute atomic E-state index is 0.0634. The minimum Gasteiger partial charge on any atom is -0.465 e. The summed E-state index contributed by atoms with van der Waals surface area (Å²) in [5, 5.41) is 9.04. The van der Waals surface area contributed by atoms with Crippen LogP contribution < -0.4 is 0 Å². The number of likely N-dealkylation sites (tertiary alicyclic amines) is 1. The van der Waals surface area contributed by atoms with Crippen LogP contribution in [-0.4, -0.2) is 56.0 Å². The van der Waals surface area contributed by atoms with Crippen molar-refractivity contribution in [2.75, 3.05) is 13.1 Å². The van der Waals surface area contributed by atoms with Gasteiger partial charge in [-0.2, -0.15) is 0 Å². The molecule has 7 nitrogen and oxygen atoms in total. The third-order valence-electron chi connectivity index (χ3n) is 3.71. The highest BCUT2D eigenvalue weighted by Gasteiger charge is 2.36. The summed E-state index contributed by atoms with van der Waals surface area (Å²) in [5.41, 5.74) is 1.27. The van der Waals surface area contributed by atoms with Crippen LogP contribution in [0, 0.1) is 0 Å². The van der Waals surface area contributed by atoms with Gasteiger partial charge in [0.15, 0.2) is 0 Å². The fraction of sp³-hybridized carbons (Fsp3) is 0.500. The molecule has 0 saturated carbocycles. The van der Waals surface area contributed by atoms with Crippen molar-refractivity contribution in [1.29, 1.82) is 0 Å². The van der Waals surface area contributed by atoms with E-state index in [1.54, 1.807) is 4.90 Å². The van der Waals surface area contributed by atoms with Gasteiger partial charge in [-0.05, 0) is 12.8 Å². The third kappa shape index (κ3) is 2.00. The molecular weight excluding hydrogens is 248 g/mol. The first-order chi connectivity index (χ1) is 9.16. The van der Waals surface area contributed by atoms with Gasteiger partial charge in [0, 0.05) is 19.3 Å². The summed E-state index contributed by atoms with van der Waals surface area (Å²) in [5.74, 6) is -0.0900. The Morgan fingerprint density at radius 3 is 3.05 bits per heavy atom. The summed E-state index contributed by atoms with van der Waals surface area (Å²) in [7, 11) is 0. The Balaban J connectivity index is 1.78. The molecule has 1 N–H and O–H groups in total. The first kappa shape index (κ1) is 11.9. The van der Waals surface area contributed by atoms with E-state index < -0.39 is 6.09 Å². The maximum atomic E-state index is 12.3. The van der Waals surface area contributed by atoms with E-state index in [0.29, 0.717) is 25.2 Å². The molecule has 1 fully saturated rings. The van der Waals surface area contributed by atoms with Crippen molar-refractivity contribution < 1.29 is 14.7 Å². The highest BCUT2D eigenvalue weighted by Crippen LogP contribution is 2.26. The number of piperidine rings is 1. The van der Waals surface area contributed by atoms with Gasteiger partial charge in [-0.15, -0.1) is 0 Å². The fourth-order valence-electron chi connectivity index (χ4n) is 2.73. The Bertz CT molecular complexity index is 533. The maximum Gasteiger partial charge on any atom is 0.407 e. The Morgan fingerprint density at radius 2 is 2.32 bits per heavy atom. The van der Waals surface area contributed by atoms with Crippen molar-refractivity contribution in [2.45, 2.75) is 25.4 Å². The molecule has 2 aliphatic heterocycles. The van der Waals surface area contributed by atoms with Crippen molar-refractivity contribution in [3.63, 3.8) is 0 Å². The van der Waals surface area contributed by atoms with E-state index in [4.69, 9.17) is 5.11 Å². The van der Waals surface area contributed by atoms with Gasteiger partial charge in [-0.3, -0.25) is 4.79 Å². The fourth-order valence-corrected chi connectivity index (χ4v) is 2.73. The zero-order valence-corrected chi connectivity index (χ0v) is 10.3. The monoisotopic (exact) mass is 262 g/mol. The van der Waals surface area contributed by atoms with Gasteiger partial charge in [0.2, 0.25) is 0 Å². The van der Waals surface area contributed by atoms with Crippen LogP contribution in [0.5, 0.6) is 0 Å². The molecule has 1 unspecified atom stereocenters. The predicted octanol–water partition coefficient (Wildman–Crippen LogP) is 0.575. The summed E-state index contributed by atoms with van der Waals surface area (Å²) < 4.78 is 0. The Kier molecular flexibility index (Phi) is 2.81. The lowest BCUT2D eigenvalue weighted by Gasteiger charge is -2.36. The Labute approximate surface area is 109 Å². The topological polar surface area (TPSA) is 86.6 Å². The largest absolute Gasteiger partial charge is 0.465 e. The summed E-state index contributed by atoms with van der Waals surface area (Å²) in [6.45, 7) is 1.37. The minimum atomic E-state index is -0.923. The molecule has 0 aliphatic carbocycles. The summed E-state index contributed by atoms with van der Waals surface area (Å²) in [6.07, 6.45) is 3.65. The summed E-state index contributed by atoms with van der Waals surface area (Å²) in [6, 6.07) is -0.0634. The molecular formula is C12H14N4O3. The van der Waals surface area contributed by atoms with E-state index in [-0.39, 0.29) is 11.9 Å². The van der Waals surface area contributed by atoms with E-state index in [1.807, 2.05) is 0 Å². The zero-order valence-electron chi connectivity index (χ0n) is 10.3. The van der Waals surface area contributed by atoms with Gasteiger partial charge in [0.05, 0.1) is 23.8 Å². The average molecular weight is 262 g/mol. The molecule has 0 radical (unpaired) electrons. The van der Waals surface area contributed by atoms with E-state index in [2.05, 4.69) is 9.97 Å². The number of aromatic nitrogens is 2. The van der Waals surface area contributed by atoms with Crippen molar-refractivity contribution in [3.8, 4) is 0 Å². The number of amides is 2. The molecule has 0 bridgehead atoms. The summed E-state index contributed by atoms with van der Waals surface area (Å²) in [4.78, 5) is 34.3. The second-order valence-corrected chi connectivity index (χ2v) is 4.84. The predicted molar refractivity (Wildman–Crippen MR) is 64.5 cm³/mol. The van der Waals surface area contributed by atoms with Crippen LogP contribution >= 0.6 is 0 Å². The lowest BCUT2D eigenvalue weighted by molar-refractivity contribution is 0.0558. The van der Waals surface area contributed by atoms with Crippen molar-refractivity contribution in [2.24, 2.45) is 0 Å². The number of carboxylic acid groups (broad SMARTS) is 1. The van der Waals surface area contributed by atoms with Crippen LogP contribution in [0.2, 0.25) is 0 Å². The molecule has 7 heteroatoms. The number of carbonyl (C=O) groups is 2. The SMILES string of the molecule is O=C(O)N1CCCC(N2Cc3ncncc3C2=O)C1. The summed E-state index contributed by atoms with van der Waals surface area (Å²) >= 11 is 0. The van der Waals surface area contributed by atoms with E-state index in [0.717, 1.165) is 18.5 Å². The molecule has 0 aromatic carbocycles. The number of carbonyl (C=O) groups excluding carboxylic acids is 1. The van der Waals surface area contributed by atoms with Gasteiger partial charge >= 0.3 is 6.09 Å². The Hall–Kier alpha value is -2.18. The highest BCUT2D eigenvalue weighted by atomic mass is 16.4. The maximum absolute atomic E-state index is 12.3. The number of fused-ring (bicyclic) bond motifs is 1. The van der Waals surface area contributed by atoms with Crippen LogP contribution in [0.25, 0.3) is 0 Å². The van der Waals surface area contributed by atoms with E-state index >= 15 is 0 Å². The van der Waals surface area contributed by atoms with Gasteiger partial charge in [0.1, 0.15) is 6.33 Å². The first-order valence-corrected chi connectivity index (χ1v) is 6.24. The van der Waals surface area contributed by atoms with Crippen LogP contribution in [0.4, 0.5) is 4.79 Å². The molecule has 2 amide bonds. The van der Waals surface area contributed by atoms with Gasteiger partial charge < -0.3 is 14.9 Å². The molecule has 1 saturated heterocycles. The van der Waals surface area contributed by atoms with Crippen LogP contribution in [0.3, 0.4) is 0 Å². The van der Waals surface area contributed by atoms with Gasteiger partial charge in [0.25, 0.3) is 5.91 Å². The van der Waals surface area contributed by atoms with Crippen LogP contribution in [0.15, 0.2) is 12.5 Å². The lowest BCUT2D eigenvalue weighted by Crippen LogP contribution is -2.49. The molecule has 3 heterocycles. The molecule has 1 aromatic heterocycles. The normalized spacial score (nSPS) is 22.5. The molecule has 1 aromatic rings. The molecule has 1 atom stereocenters. The zero-order chi connectivity index (χ0) is 13.4. The number of rotatable bonds is 1. The van der Waals surface area contributed by atoms with Crippen molar-refractivity contribution in [3.05, 3.63) is 23.8 Å². The van der Waals surface area contributed by atoms with Gasteiger partial charge in [-0.1, -0.05) is 0 Å². The molecule has 2 aliphatic rings. The second kappa shape index (κ2) is 4.49. The second-order valence-electron chi connectivity index (χ2n) is 4.84. The van der Waals surface area contributed by atoms with Gasteiger partial charge in [-0.25, -0.2) is 14.8 Å². The van der Waals surface area contributed by atoms with Crippen molar-refractivity contribution in [1.82, 2.24) is 19.8 Å². The number of nitrogens with zero attached hydrogens (tertiary/aromatic N) is 4. The number of hydrogen-bond acceptors (Lipinski definition) is 4. The quantitative estimate of drug-likeness (QED) is 0.799. The highest BCUT2D eigenvalue weighted by molar-refractivity contribution is 5.97. The van der Waals surface area contributed by atoms with Crippen LogP contribution in [0.1, 0.15) is 28.9 Å². The van der Waals surface area contributed by atoms with E-state index in [1.165, 1.54) is 17.4 Å². The first-order valence-electron chi connectivity index (χ1n) is 6.24. The van der Waals surface area contributed by atoms with E-state index in [9.17, 15) is 9.59 Å². The molecule has 0 spiro atoms. The van der Waals surface area contributed by atoms with Crippen molar-refractivity contribution >= 4 is 12.0 Å². The standard InChI is InChI=1S/C12H14N4O3/c17-11-9-4-13-7-14-10(9)6-16(11)8-2-1-3-15(5-8)12(18)19/h4,7-8H,1-3,5-6H2,(H,18,19). The molecule has 19 heavy (non-hydrogen) atoms. The Morgan fingerprint density at radius 1 is 1.47 bits per heavy atom. The average Bonchev–Trinajstić information content (AvgIpc) is 2.77. The lowest BCUT2D eigenvalue weighted by atomic mass is 10.0. The molecule has 3 rings (SSSR count). The third-order valence-corrected chi connectivity index (χ3v) is 3.71. The smallest absolute Gasteiger partial charge is 0.407 e. The molecule has 100 valence electrons. The van der Waals surface area contributed by atoms with Crippen LogP contribution in [-0.2, 0) is 6.54 Å².